The van der Waals surface area contributed by atoms with Gasteiger partial charge in [0, 0.05) is 39.1 Å². The molecule has 0 N–H and O–H groups in total. The molecule has 2 aromatic heterocycles. The highest BCUT2D eigenvalue weighted by molar-refractivity contribution is 6.21. The number of carbonyl (C=O) groups is 3. The van der Waals surface area contributed by atoms with E-state index in [4.69, 9.17) is 0 Å². The molecule has 0 atom stereocenters. The monoisotopic (exact) mass is 514 g/mol. The molecule has 6 rings (SSSR count). The van der Waals surface area contributed by atoms with Crippen molar-refractivity contribution in [3.05, 3.63) is 71.8 Å². The lowest BCUT2D eigenvalue weighted by Gasteiger charge is -2.35. The van der Waals surface area contributed by atoms with E-state index in [2.05, 4.69) is 20.3 Å². The zero-order valence-electron chi connectivity index (χ0n) is 20.3. The van der Waals surface area contributed by atoms with Gasteiger partial charge in [0.05, 0.1) is 16.8 Å². The molecule has 0 aliphatic carbocycles. The molecule has 4 heterocycles. The first kappa shape index (κ1) is 23.6. The Balaban J connectivity index is 1.06. The van der Waals surface area contributed by atoms with Crippen molar-refractivity contribution in [2.24, 2.45) is 0 Å². The van der Waals surface area contributed by atoms with Gasteiger partial charge in [0.2, 0.25) is 5.91 Å². The fourth-order valence-corrected chi connectivity index (χ4v) is 4.91. The Morgan fingerprint density at radius 3 is 2.37 bits per heavy atom. The molecule has 192 valence electrons. The number of amides is 3. The molecule has 0 radical (unpaired) electrons. The molecular formula is C26H23FN8O3. The fraction of sp³-hybridized carbons (Fsp3) is 0.269. The second-order valence-electron chi connectivity index (χ2n) is 9.13. The number of fused-ring (bicyclic) bond motifs is 2. The van der Waals surface area contributed by atoms with E-state index in [1.54, 1.807) is 41.3 Å². The normalized spacial score (nSPS) is 15.4. The summed E-state index contributed by atoms with van der Waals surface area (Å²) in [6.45, 7) is 2.29. The van der Waals surface area contributed by atoms with Gasteiger partial charge in [0.1, 0.15) is 12.1 Å². The molecule has 2 aliphatic rings. The minimum Gasteiger partial charge on any atom is -0.351 e. The zero-order chi connectivity index (χ0) is 26.2. The van der Waals surface area contributed by atoms with E-state index in [0.717, 1.165) is 0 Å². The summed E-state index contributed by atoms with van der Waals surface area (Å²) in [5, 5.41) is 8.39. The minimum atomic E-state index is -0.384. The molecule has 0 unspecified atom stereocenters. The summed E-state index contributed by atoms with van der Waals surface area (Å²) >= 11 is 0. The van der Waals surface area contributed by atoms with Crippen molar-refractivity contribution in [3.63, 3.8) is 0 Å². The maximum absolute atomic E-state index is 13.7. The Kier molecular flexibility index (Phi) is 5.98. The van der Waals surface area contributed by atoms with Crippen LogP contribution in [0.15, 0.2) is 54.9 Å². The molecule has 1 fully saturated rings. The molecule has 1 saturated heterocycles. The summed E-state index contributed by atoms with van der Waals surface area (Å²) in [6, 6.07) is 12.8. The quantitative estimate of drug-likeness (QED) is 0.359. The Morgan fingerprint density at radius 1 is 0.921 bits per heavy atom. The topological polar surface area (TPSA) is 117 Å². The van der Waals surface area contributed by atoms with Crippen LogP contribution in [0.5, 0.6) is 0 Å². The van der Waals surface area contributed by atoms with Gasteiger partial charge >= 0.3 is 0 Å². The lowest BCUT2D eigenvalue weighted by atomic mass is 10.1. The third-order valence-electron chi connectivity index (χ3n) is 6.85. The molecular weight excluding hydrogens is 491 g/mol. The van der Waals surface area contributed by atoms with Gasteiger partial charge in [0.15, 0.2) is 17.0 Å². The van der Waals surface area contributed by atoms with Crippen LogP contribution < -0.4 is 4.90 Å². The van der Waals surface area contributed by atoms with Crippen LogP contribution >= 0.6 is 0 Å². The predicted octanol–water partition coefficient (Wildman–Crippen LogP) is 2.07. The molecule has 0 spiro atoms. The number of aromatic nitrogens is 5. The van der Waals surface area contributed by atoms with E-state index >= 15 is 0 Å². The number of rotatable bonds is 6. The molecule has 0 bridgehead atoms. The van der Waals surface area contributed by atoms with E-state index in [-0.39, 0.29) is 36.5 Å². The maximum atomic E-state index is 13.7. The van der Waals surface area contributed by atoms with Crippen LogP contribution in [-0.4, -0.2) is 85.2 Å². The number of anilines is 1. The lowest BCUT2D eigenvalue weighted by molar-refractivity contribution is -0.131. The summed E-state index contributed by atoms with van der Waals surface area (Å²) in [7, 11) is 0. The number of nitrogens with zero attached hydrogens (tertiary/aromatic N) is 8. The van der Waals surface area contributed by atoms with Crippen molar-refractivity contribution in [1.29, 1.82) is 0 Å². The van der Waals surface area contributed by atoms with Crippen LogP contribution in [-0.2, 0) is 4.79 Å². The summed E-state index contributed by atoms with van der Waals surface area (Å²) in [5.74, 6) is -0.416. The third-order valence-corrected chi connectivity index (χ3v) is 6.85. The SMILES string of the molecule is O=C(CCCN1C(=O)c2ccccc2C1=O)N1CCN(c2ncnc3c2nnn3-c2cccc(F)c2)CC1. The Labute approximate surface area is 216 Å². The largest absolute Gasteiger partial charge is 0.351 e. The van der Waals surface area contributed by atoms with E-state index in [1.165, 1.54) is 28.0 Å². The van der Waals surface area contributed by atoms with Crippen LogP contribution in [0.25, 0.3) is 16.9 Å². The van der Waals surface area contributed by atoms with E-state index < -0.39 is 0 Å². The molecule has 2 aromatic carbocycles. The van der Waals surface area contributed by atoms with Crippen molar-refractivity contribution >= 4 is 34.7 Å². The van der Waals surface area contributed by atoms with Crippen molar-refractivity contribution < 1.29 is 18.8 Å². The summed E-state index contributed by atoms with van der Waals surface area (Å²) in [4.78, 5) is 51.6. The third kappa shape index (κ3) is 4.13. The molecule has 4 aromatic rings. The number of benzene rings is 2. The van der Waals surface area contributed by atoms with Crippen molar-refractivity contribution in [2.45, 2.75) is 12.8 Å². The first-order valence-electron chi connectivity index (χ1n) is 12.3. The second-order valence-corrected chi connectivity index (χ2v) is 9.13. The highest BCUT2D eigenvalue weighted by Crippen LogP contribution is 2.25. The molecule has 2 aliphatic heterocycles. The van der Waals surface area contributed by atoms with Gasteiger partial charge in [-0.05, 0) is 36.8 Å². The van der Waals surface area contributed by atoms with Gasteiger partial charge in [-0.25, -0.2) is 14.4 Å². The molecule has 12 heteroatoms. The number of hydrogen-bond donors (Lipinski definition) is 0. The fourth-order valence-electron chi connectivity index (χ4n) is 4.91. The van der Waals surface area contributed by atoms with Gasteiger partial charge in [0.25, 0.3) is 11.8 Å². The average Bonchev–Trinajstić information content (AvgIpc) is 3.48. The first-order chi connectivity index (χ1) is 18.5. The van der Waals surface area contributed by atoms with Gasteiger partial charge in [-0.15, -0.1) is 5.10 Å². The Hall–Kier alpha value is -4.74. The summed E-state index contributed by atoms with van der Waals surface area (Å²) in [5.41, 5.74) is 2.29. The zero-order valence-corrected chi connectivity index (χ0v) is 20.3. The number of imide groups is 1. The van der Waals surface area contributed by atoms with Gasteiger partial charge in [-0.2, -0.15) is 4.68 Å². The van der Waals surface area contributed by atoms with Crippen molar-refractivity contribution in [3.8, 4) is 5.69 Å². The lowest BCUT2D eigenvalue weighted by Crippen LogP contribution is -2.49. The van der Waals surface area contributed by atoms with Crippen LogP contribution in [0.4, 0.5) is 10.2 Å². The Morgan fingerprint density at radius 2 is 1.66 bits per heavy atom. The van der Waals surface area contributed by atoms with Gasteiger partial charge < -0.3 is 9.80 Å². The van der Waals surface area contributed by atoms with E-state index in [1.807, 2.05) is 4.90 Å². The number of halogens is 1. The van der Waals surface area contributed by atoms with Crippen molar-refractivity contribution in [1.82, 2.24) is 34.8 Å². The molecule has 0 saturated carbocycles. The van der Waals surface area contributed by atoms with Gasteiger partial charge in [-0.1, -0.05) is 23.4 Å². The smallest absolute Gasteiger partial charge is 0.261 e. The first-order valence-corrected chi connectivity index (χ1v) is 12.3. The Bertz CT molecular complexity index is 1530. The standard InChI is InChI=1S/C26H23FN8O3/c27-17-5-3-6-18(15-17)35-24-22(30-31-35)23(28-16-29-24)33-13-11-32(12-14-33)21(36)9-4-10-34-25(37)19-7-1-2-8-20(19)26(34)38/h1-3,5-8,15-16H,4,9-14H2. The van der Waals surface area contributed by atoms with Crippen molar-refractivity contribution in [2.75, 3.05) is 37.6 Å². The highest BCUT2D eigenvalue weighted by Gasteiger charge is 2.34. The summed E-state index contributed by atoms with van der Waals surface area (Å²) in [6.07, 6.45) is 2.07. The van der Waals surface area contributed by atoms with Crippen LogP contribution in [0.3, 0.4) is 0 Å². The highest BCUT2D eigenvalue weighted by atomic mass is 19.1. The van der Waals surface area contributed by atoms with Crippen LogP contribution in [0, 0.1) is 5.82 Å². The van der Waals surface area contributed by atoms with E-state index in [0.29, 0.717) is 66.4 Å². The molecule has 3 amide bonds. The second kappa shape index (κ2) is 9.61. The van der Waals surface area contributed by atoms with Crippen LogP contribution in [0.2, 0.25) is 0 Å². The van der Waals surface area contributed by atoms with E-state index in [9.17, 15) is 18.8 Å². The number of piperazine rings is 1. The number of hydrogen-bond acceptors (Lipinski definition) is 8. The van der Waals surface area contributed by atoms with Gasteiger partial charge in [-0.3, -0.25) is 19.3 Å². The summed E-state index contributed by atoms with van der Waals surface area (Å²) < 4.78 is 15.2. The molecule has 38 heavy (non-hydrogen) atoms. The molecule has 11 nitrogen and oxygen atoms in total. The number of carbonyl (C=O) groups excluding carboxylic acids is 3. The predicted molar refractivity (Wildman–Crippen MR) is 134 cm³/mol. The average molecular weight is 515 g/mol. The van der Waals surface area contributed by atoms with Crippen LogP contribution in [0.1, 0.15) is 33.6 Å². The maximum Gasteiger partial charge on any atom is 0.261 e. The minimum absolute atomic E-state index is 0.0221.